The number of hydrogen-bond donors (Lipinski definition) is 0. The van der Waals surface area contributed by atoms with Crippen molar-refractivity contribution in [2.45, 2.75) is 64.3 Å². The van der Waals surface area contributed by atoms with Gasteiger partial charge >= 0.3 is 0 Å². The third-order valence-corrected chi connectivity index (χ3v) is 2.75. The predicted molar refractivity (Wildman–Crippen MR) is 67.5 cm³/mol. The van der Waals surface area contributed by atoms with Gasteiger partial charge in [-0.3, -0.25) is 0 Å². The fourth-order valence-electron chi connectivity index (χ4n) is 1.77. The molecular formula is C13H22N2O2. The smallest absolute Gasteiger partial charge is 0.211 e. The maximum Gasteiger partial charge on any atom is 0.235 e. The Kier molecular flexibility index (Phi) is 11.9. The van der Waals surface area contributed by atoms with E-state index in [1.807, 2.05) is 0 Å². The van der Waals surface area contributed by atoms with Crippen molar-refractivity contribution in [3.05, 3.63) is 0 Å². The van der Waals surface area contributed by atoms with Gasteiger partial charge in [-0.2, -0.15) is 0 Å². The standard InChI is InChI=1S/C13H22N2O2/c1-2-3-5-8-13(15-12-17)9-6-4-7-10-14-11-16/h13H,2-10H2,1H3. The van der Waals surface area contributed by atoms with Gasteiger partial charge in [0.2, 0.25) is 12.2 Å². The van der Waals surface area contributed by atoms with Crippen LogP contribution in [0.15, 0.2) is 9.98 Å². The zero-order chi connectivity index (χ0) is 12.8. The lowest BCUT2D eigenvalue weighted by molar-refractivity contribution is 0.493. The van der Waals surface area contributed by atoms with Crippen molar-refractivity contribution >= 4 is 12.2 Å². The quantitative estimate of drug-likeness (QED) is 0.315. The molecule has 0 heterocycles. The van der Waals surface area contributed by atoms with Gasteiger partial charge in [-0.1, -0.05) is 39.0 Å². The van der Waals surface area contributed by atoms with E-state index in [-0.39, 0.29) is 6.04 Å². The molecule has 0 fully saturated rings. The highest BCUT2D eigenvalue weighted by Gasteiger charge is 2.05. The number of isocyanates is 2. The molecule has 0 aliphatic heterocycles. The molecule has 96 valence electrons. The molecule has 0 spiro atoms. The Morgan fingerprint density at radius 3 is 2.24 bits per heavy atom. The number of aliphatic imine (C=N–C) groups is 2. The van der Waals surface area contributed by atoms with Crippen molar-refractivity contribution in [2.75, 3.05) is 6.54 Å². The Morgan fingerprint density at radius 1 is 0.941 bits per heavy atom. The number of hydrogen-bond acceptors (Lipinski definition) is 4. The van der Waals surface area contributed by atoms with E-state index in [1.54, 1.807) is 6.08 Å². The van der Waals surface area contributed by atoms with E-state index in [0.717, 1.165) is 38.5 Å². The van der Waals surface area contributed by atoms with Crippen LogP contribution in [-0.2, 0) is 9.59 Å². The van der Waals surface area contributed by atoms with Crippen LogP contribution in [0.1, 0.15) is 58.3 Å². The van der Waals surface area contributed by atoms with Crippen molar-refractivity contribution < 1.29 is 9.59 Å². The van der Waals surface area contributed by atoms with E-state index in [9.17, 15) is 9.59 Å². The molecule has 0 radical (unpaired) electrons. The van der Waals surface area contributed by atoms with E-state index in [2.05, 4.69) is 16.9 Å². The fourth-order valence-corrected chi connectivity index (χ4v) is 1.77. The first-order valence-corrected chi connectivity index (χ1v) is 6.45. The van der Waals surface area contributed by atoms with E-state index in [4.69, 9.17) is 0 Å². The molecule has 0 bridgehead atoms. The highest BCUT2D eigenvalue weighted by Crippen LogP contribution is 2.13. The topological polar surface area (TPSA) is 58.9 Å². The minimum atomic E-state index is 0.133. The summed E-state index contributed by atoms with van der Waals surface area (Å²) in [5.41, 5.74) is 0. The first kappa shape index (κ1) is 15.8. The zero-order valence-electron chi connectivity index (χ0n) is 10.7. The first-order chi connectivity index (χ1) is 8.35. The minimum Gasteiger partial charge on any atom is -0.211 e. The number of carbonyl (C=O) groups excluding carboxylic acids is 2. The van der Waals surface area contributed by atoms with Gasteiger partial charge in [0.25, 0.3) is 0 Å². The highest BCUT2D eigenvalue weighted by molar-refractivity contribution is 5.33. The zero-order valence-corrected chi connectivity index (χ0v) is 10.7. The fraction of sp³-hybridized carbons (Fsp3) is 0.846. The molecule has 0 aliphatic rings. The van der Waals surface area contributed by atoms with Crippen molar-refractivity contribution in [2.24, 2.45) is 9.98 Å². The first-order valence-electron chi connectivity index (χ1n) is 6.45. The van der Waals surface area contributed by atoms with E-state index < -0.39 is 0 Å². The Bertz CT molecular complexity index is 267. The summed E-state index contributed by atoms with van der Waals surface area (Å²) in [4.78, 5) is 27.4. The van der Waals surface area contributed by atoms with Crippen LogP contribution in [0, 0.1) is 0 Å². The van der Waals surface area contributed by atoms with Crippen LogP contribution >= 0.6 is 0 Å². The lowest BCUT2D eigenvalue weighted by Crippen LogP contribution is -2.04. The molecule has 0 rings (SSSR count). The molecule has 4 nitrogen and oxygen atoms in total. The van der Waals surface area contributed by atoms with Gasteiger partial charge in [-0.15, -0.1) is 0 Å². The van der Waals surface area contributed by atoms with Gasteiger partial charge in [0.05, 0.1) is 12.6 Å². The average molecular weight is 238 g/mol. The third-order valence-electron chi connectivity index (χ3n) is 2.75. The van der Waals surface area contributed by atoms with Crippen LogP contribution < -0.4 is 0 Å². The van der Waals surface area contributed by atoms with Gasteiger partial charge in [-0.05, 0) is 19.3 Å². The molecule has 0 amide bonds. The van der Waals surface area contributed by atoms with Gasteiger partial charge in [0.15, 0.2) is 0 Å². The summed E-state index contributed by atoms with van der Waals surface area (Å²) in [5, 5.41) is 0. The van der Waals surface area contributed by atoms with Crippen LogP contribution in [0.2, 0.25) is 0 Å². The molecular weight excluding hydrogens is 216 g/mol. The van der Waals surface area contributed by atoms with Gasteiger partial charge in [0.1, 0.15) is 0 Å². The summed E-state index contributed by atoms with van der Waals surface area (Å²) in [7, 11) is 0. The average Bonchev–Trinajstić information content (AvgIpc) is 2.34. The van der Waals surface area contributed by atoms with E-state index in [0.29, 0.717) is 6.54 Å². The van der Waals surface area contributed by atoms with Gasteiger partial charge < -0.3 is 0 Å². The van der Waals surface area contributed by atoms with Crippen molar-refractivity contribution in [3.8, 4) is 0 Å². The molecule has 17 heavy (non-hydrogen) atoms. The summed E-state index contributed by atoms with van der Waals surface area (Å²) >= 11 is 0. The lowest BCUT2D eigenvalue weighted by atomic mass is 10.0. The monoisotopic (exact) mass is 238 g/mol. The summed E-state index contributed by atoms with van der Waals surface area (Å²) in [6, 6.07) is 0.133. The summed E-state index contributed by atoms with van der Waals surface area (Å²) in [5.74, 6) is 0. The second-order valence-electron chi connectivity index (χ2n) is 4.19. The summed E-state index contributed by atoms with van der Waals surface area (Å²) < 4.78 is 0. The summed E-state index contributed by atoms with van der Waals surface area (Å²) in [6.07, 6.45) is 11.6. The van der Waals surface area contributed by atoms with Crippen LogP contribution in [-0.4, -0.2) is 24.7 Å². The predicted octanol–water partition coefficient (Wildman–Crippen LogP) is 3.17. The Balaban J connectivity index is 3.61. The molecule has 0 aliphatic carbocycles. The van der Waals surface area contributed by atoms with E-state index >= 15 is 0 Å². The third kappa shape index (κ3) is 11.0. The summed E-state index contributed by atoms with van der Waals surface area (Å²) in [6.45, 7) is 2.71. The van der Waals surface area contributed by atoms with Crippen LogP contribution in [0.5, 0.6) is 0 Å². The Morgan fingerprint density at radius 2 is 1.65 bits per heavy atom. The molecule has 0 saturated heterocycles. The second-order valence-corrected chi connectivity index (χ2v) is 4.19. The second kappa shape index (κ2) is 12.8. The number of rotatable bonds is 11. The van der Waals surface area contributed by atoms with Crippen molar-refractivity contribution in [1.29, 1.82) is 0 Å². The largest absolute Gasteiger partial charge is 0.235 e. The SMILES string of the molecule is CCCCCC(CCCCCN=C=O)N=C=O. The maximum atomic E-state index is 10.3. The lowest BCUT2D eigenvalue weighted by Gasteiger charge is -2.09. The number of nitrogens with zero attached hydrogens (tertiary/aromatic N) is 2. The molecule has 0 aromatic carbocycles. The van der Waals surface area contributed by atoms with Crippen LogP contribution in [0.3, 0.4) is 0 Å². The molecule has 0 aromatic heterocycles. The molecule has 0 saturated carbocycles. The normalized spacial score (nSPS) is 11.4. The Labute approximate surface area is 103 Å². The molecule has 0 aromatic rings. The molecule has 1 unspecified atom stereocenters. The van der Waals surface area contributed by atoms with Gasteiger partial charge in [-0.25, -0.2) is 19.6 Å². The van der Waals surface area contributed by atoms with E-state index in [1.165, 1.54) is 18.9 Å². The minimum absolute atomic E-state index is 0.133. The molecule has 1 atom stereocenters. The van der Waals surface area contributed by atoms with Crippen LogP contribution in [0.25, 0.3) is 0 Å². The highest BCUT2D eigenvalue weighted by atomic mass is 16.1. The molecule has 4 heteroatoms. The van der Waals surface area contributed by atoms with Gasteiger partial charge in [0, 0.05) is 0 Å². The van der Waals surface area contributed by atoms with Crippen molar-refractivity contribution in [3.63, 3.8) is 0 Å². The van der Waals surface area contributed by atoms with Crippen LogP contribution in [0.4, 0.5) is 0 Å². The molecule has 0 N–H and O–H groups in total. The van der Waals surface area contributed by atoms with Crippen molar-refractivity contribution in [1.82, 2.24) is 0 Å². The Hall–Kier alpha value is -1.24. The maximum absolute atomic E-state index is 10.3. The number of unbranched alkanes of at least 4 members (excludes halogenated alkanes) is 4.